The van der Waals surface area contributed by atoms with Gasteiger partial charge in [0.05, 0.1) is 18.2 Å². The molecule has 0 saturated carbocycles. The number of aromatic nitrogens is 2. The van der Waals surface area contributed by atoms with Crippen LogP contribution in [0.5, 0.6) is 0 Å². The summed E-state index contributed by atoms with van der Waals surface area (Å²) in [6, 6.07) is 17.3. The second-order valence-electron chi connectivity index (χ2n) is 7.40. The number of carbonyl (C=O) groups excluding carboxylic acids is 1. The largest absolute Gasteiger partial charge is 0.348 e. The van der Waals surface area contributed by atoms with Crippen molar-refractivity contribution in [2.24, 2.45) is 0 Å². The molecule has 3 aromatic rings. The van der Waals surface area contributed by atoms with Gasteiger partial charge in [0.1, 0.15) is 5.82 Å². The molecular formula is C23H22ClN5O. The number of imidazole rings is 1. The summed E-state index contributed by atoms with van der Waals surface area (Å²) in [4.78, 5) is 22.1. The number of piperazine rings is 1. The maximum absolute atomic E-state index is 12.6. The minimum absolute atomic E-state index is 0.0267. The Kier molecular flexibility index (Phi) is 6.12. The molecule has 0 spiro atoms. The Morgan fingerprint density at radius 2 is 2.10 bits per heavy atom. The van der Waals surface area contributed by atoms with Crippen LogP contribution in [0.25, 0.3) is 0 Å². The van der Waals surface area contributed by atoms with E-state index in [0.29, 0.717) is 17.1 Å². The zero-order valence-corrected chi connectivity index (χ0v) is 17.1. The molecule has 0 radical (unpaired) electrons. The van der Waals surface area contributed by atoms with Gasteiger partial charge in [-0.05, 0) is 48.7 Å². The van der Waals surface area contributed by atoms with Gasteiger partial charge in [-0.25, -0.2) is 4.98 Å². The number of amides is 1. The highest BCUT2D eigenvalue weighted by molar-refractivity contribution is 6.30. The molecule has 2 unspecified atom stereocenters. The van der Waals surface area contributed by atoms with Crippen LogP contribution in [-0.4, -0.2) is 35.0 Å². The number of nitrogens with zero attached hydrogens (tertiary/aromatic N) is 3. The van der Waals surface area contributed by atoms with Crippen LogP contribution >= 0.6 is 11.6 Å². The average Bonchev–Trinajstić information content (AvgIpc) is 3.30. The van der Waals surface area contributed by atoms with E-state index >= 15 is 0 Å². The zero-order chi connectivity index (χ0) is 20.9. The summed E-state index contributed by atoms with van der Waals surface area (Å²) >= 11 is 6.14. The first-order valence-electron chi connectivity index (χ1n) is 9.91. The summed E-state index contributed by atoms with van der Waals surface area (Å²) in [7, 11) is 0. The third-order valence-corrected chi connectivity index (χ3v) is 5.73. The molecule has 2 heterocycles. The molecule has 1 amide bonds. The Bertz CT molecular complexity index is 1040. The zero-order valence-electron chi connectivity index (χ0n) is 16.4. The van der Waals surface area contributed by atoms with Crippen LogP contribution in [0.1, 0.15) is 29.3 Å². The van der Waals surface area contributed by atoms with Gasteiger partial charge in [0, 0.05) is 41.6 Å². The number of nitriles is 1. The minimum Gasteiger partial charge on any atom is -0.348 e. The molecule has 0 bridgehead atoms. The molecule has 30 heavy (non-hydrogen) atoms. The third kappa shape index (κ3) is 4.54. The van der Waals surface area contributed by atoms with E-state index in [1.807, 2.05) is 48.7 Å². The van der Waals surface area contributed by atoms with Crippen LogP contribution in [0, 0.1) is 11.3 Å². The molecular weight excluding hydrogens is 398 g/mol. The first-order valence-corrected chi connectivity index (χ1v) is 10.3. The van der Waals surface area contributed by atoms with E-state index in [-0.39, 0.29) is 24.4 Å². The number of benzene rings is 2. The van der Waals surface area contributed by atoms with Gasteiger partial charge in [0.25, 0.3) is 0 Å². The maximum Gasteiger partial charge on any atom is 0.241 e. The van der Waals surface area contributed by atoms with Gasteiger partial charge < -0.3 is 15.2 Å². The molecule has 1 saturated heterocycles. The smallest absolute Gasteiger partial charge is 0.241 e. The van der Waals surface area contributed by atoms with Crippen LogP contribution in [0.15, 0.2) is 60.9 Å². The van der Waals surface area contributed by atoms with Crippen molar-refractivity contribution in [1.29, 1.82) is 5.26 Å². The number of H-pyrrole nitrogens is 1. The van der Waals surface area contributed by atoms with Crippen molar-refractivity contribution in [2.45, 2.75) is 24.8 Å². The molecule has 152 valence electrons. The monoisotopic (exact) mass is 419 g/mol. The van der Waals surface area contributed by atoms with Crippen LogP contribution < -0.4 is 10.2 Å². The predicted molar refractivity (Wildman–Crippen MR) is 116 cm³/mol. The number of anilines is 1. The minimum atomic E-state index is 0.0267. The van der Waals surface area contributed by atoms with Gasteiger partial charge in [-0.3, -0.25) is 4.79 Å². The number of aromatic amines is 1. The normalized spacial score (nSPS) is 17.5. The lowest BCUT2D eigenvalue weighted by Crippen LogP contribution is -2.56. The Hall–Kier alpha value is -3.14. The van der Waals surface area contributed by atoms with Gasteiger partial charge in [0.2, 0.25) is 5.91 Å². The number of aryl methyl sites for hydroxylation is 1. The average molecular weight is 420 g/mol. The molecule has 7 heteroatoms. The van der Waals surface area contributed by atoms with Crippen molar-refractivity contribution in [3.05, 3.63) is 82.9 Å². The highest BCUT2D eigenvalue weighted by atomic mass is 35.5. The van der Waals surface area contributed by atoms with E-state index in [4.69, 9.17) is 16.9 Å². The number of halogens is 1. The lowest BCUT2D eigenvalue weighted by atomic mass is 9.90. The van der Waals surface area contributed by atoms with Crippen molar-refractivity contribution in [2.75, 3.05) is 18.0 Å². The van der Waals surface area contributed by atoms with E-state index in [0.717, 1.165) is 24.4 Å². The Balaban J connectivity index is 1.53. The molecule has 2 atom stereocenters. The maximum atomic E-state index is 12.6. The van der Waals surface area contributed by atoms with Gasteiger partial charge in [0.15, 0.2) is 0 Å². The molecule has 2 aromatic carbocycles. The number of hydrogen-bond acceptors (Lipinski definition) is 4. The topological polar surface area (TPSA) is 84.8 Å². The van der Waals surface area contributed by atoms with Crippen LogP contribution in [0.3, 0.4) is 0 Å². The molecule has 1 fully saturated rings. The summed E-state index contributed by atoms with van der Waals surface area (Å²) in [5, 5.41) is 13.0. The molecule has 0 aliphatic carbocycles. The lowest BCUT2D eigenvalue weighted by Gasteiger charge is -2.37. The number of hydrogen-bond donors (Lipinski definition) is 2. The molecule has 4 rings (SSSR count). The second-order valence-corrected chi connectivity index (χ2v) is 7.84. The van der Waals surface area contributed by atoms with Crippen molar-refractivity contribution in [3.63, 3.8) is 0 Å². The van der Waals surface area contributed by atoms with Crippen molar-refractivity contribution in [3.8, 4) is 6.07 Å². The van der Waals surface area contributed by atoms with Gasteiger partial charge in [-0.1, -0.05) is 29.8 Å². The van der Waals surface area contributed by atoms with Crippen molar-refractivity contribution < 1.29 is 4.79 Å². The molecule has 1 aliphatic rings. The van der Waals surface area contributed by atoms with Crippen LogP contribution in [0.4, 0.5) is 5.69 Å². The molecule has 2 N–H and O–H groups in total. The number of nitrogens with one attached hydrogen (secondary N) is 2. The fourth-order valence-electron chi connectivity index (χ4n) is 3.92. The Labute approximate surface area is 180 Å². The van der Waals surface area contributed by atoms with E-state index in [9.17, 15) is 4.79 Å². The third-order valence-electron chi connectivity index (χ3n) is 5.50. The standard InChI is InChI=1S/C23H22ClN5O/c24-18-2-1-3-19(12-18)29-15-21(28-14-22(29)30)20(23-26-10-11-27-23)9-8-16-4-6-17(13-25)7-5-16/h1-7,10-12,20-21,28H,8-9,14-15H2,(H,26,27). The lowest BCUT2D eigenvalue weighted by molar-refractivity contribution is -0.119. The first kappa shape index (κ1) is 20.1. The van der Waals surface area contributed by atoms with Gasteiger partial charge >= 0.3 is 0 Å². The highest BCUT2D eigenvalue weighted by Crippen LogP contribution is 2.28. The quantitative estimate of drug-likeness (QED) is 0.638. The van der Waals surface area contributed by atoms with E-state index in [2.05, 4.69) is 21.4 Å². The highest BCUT2D eigenvalue weighted by Gasteiger charge is 2.33. The molecule has 1 aliphatic heterocycles. The first-order chi connectivity index (χ1) is 14.6. The summed E-state index contributed by atoms with van der Waals surface area (Å²) in [6.45, 7) is 0.809. The van der Waals surface area contributed by atoms with Crippen molar-refractivity contribution in [1.82, 2.24) is 15.3 Å². The molecule has 6 nitrogen and oxygen atoms in total. The van der Waals surface area contributed by atoms with Gasteiger partial charge in [-0.15, -0.1) is 0 Å². The summed E-state index contributed by atoms with van der Waals surface area (Å²) in [6.07, 6.45) is 5.29. The summed E-state index contributed by atoms with van der Waals surface area (Å²) < 4.78 is 0. The molecule has 1 aromatic heterocycles. The van der Waals surface area contributed by atoms with Crippen LogP contribution in [0.2, 0.25) is 5.02 Å². The van der Waals surface area contributed by atoms with Gasteiger partial charge in [-0.2, -0.15) is 5.26 Å². The van der Waals surface area contributed by atoms with E-state index in [1.165, 1.54) is 5.56 Å². The Morgan fingerprint density at radius 3 is 2.80 bits per heavy atom. The number of rotatable bonds is 6. The van der Waals surface area contributed by atoms with E-state index in [1.54, 1.807) is 17.2 Å². The Morgan fingerprint density at radius 1 is 1.27 bits per heavy atom. The van der Waals surface area contributed by atoms with Crippen LogP contribution in [-0.2, 0) is 11.2 Å². The fraction of sp³-hybridized carbons (Fsp3) is 0.261. The van der Waals surface area contributed by atoms with Crippen molar-refractivity contribution >= 4 is 23.2 Å². The second kappa shape index (κ2) is 9.12. The predicted octanol–water partition coefficient (Wildman–Crippen LogP) is 3.66. The summed E-state index contributed by atoms with van der Waals surface area (Å²) in [5.74, 6) is 1.03. The fourth-order valence-corrected chi connectivity index (χ4v) is 4.10. The summed E-state index contributed by atoms with van der Waals surface area (Å²) in [5.41, 5.74) is 2.64. The SMILES string of the molecule is N#Cc1ccc(CCC(c2ncc[nH]2)C2CN(c3cccc(Cl)c3)C(=O)CN2)cc1. The van der Waals surface area contributed by atoms with E-state index < -0.39 is 0 Å². The number of carbonyl (C=O) groups is 1.